The maximum Gasteiger partial charge on any atom is 0.416 e. The van der Waals surface area contributed by atoms with Crippen molar-refractivity contribution in [2.45, 2.75) is 43.6 Å². The van der Waals surface area contributed by atoms with Crippen LogP contribution in [0.5, 0.6) is 0 Å². The molecule has 1 aromatic rings. The van der Waals surface area contributed by atoms with Crippen molar-refractivity contribution >= 4 is 23.5 Å². The first-order chi connectivity index (χ1) is 12.0. The van der Waals surface area contributed by atoms with Crippen LogP contribution >= 0.6 is 11.6 Å². The number of carbonyl (C=O) groups excluding carboxylic acids is 1. The van der Waals surface area contributed by atoms with Crippen LogP contribution in [0.4, 0.5) is 13.2 Å². The summed E-state index contributed by atoms with van der Waals surface area (Å²) in [6, 6.07) is 2.95. The fourth-order valence-corrected chi connectivity index (χ4v) is 3.65. The standard InChI is InChI=1S/C17H17ClF3NO4/c1-9-7-22(8-13(26-9)14(23)24)15(25)16(4-5-16)11-6-10(17(19,20)21)2-3-12(11)18/h2-3,6,9,13H,4-5,7-8H2,1H3,(H,23,24)/t9-,13?/m1/s1. The van der Waals surface area contributed by atoms with Gasteiger partial charge in [-0.1, -0.05) is 11.6 Å². The number of nitrogens with zero attached hydrogens (tertiary/aromatic N) is 1. The molecule has 2 fully saturated rings. The van der Waals surface area contributed by atoms with Gasteiger partial charge in [-0.2, -0.15) is 13.2 Å². The first-order valence-corrected chi connectivity index (χ1v) is 8.47. The van der Waals surface area contributed by atoms with E-state index in [2.05, 4.69) is 0 Å². The van der Waals surface area contributed by atoms with Gasteiger partial charge in [0.05, 0.1) is 23.6 Å². The highest BCUT2D eigenvalue weighted by Gasteiger charge is 2.55. The van der Waals surface area contributed by atoms with Crippen molar-refractivity contribution in [3.05, 3.63) is 34.3 Å². The highest BCUT2D eigenvalue weighted by Crippen LogP contribution is 2.53. The summed E-state index contributed by atoms with van der Waals surface area (Å²) in [7, 11) is 0. The van der Waals surface area contributed by atoms with Crippen LogP contribution in [-0.2, 0) is 25.9 Å². The zero-order valence-electron chi connectivity index (χ0n) is 13.8. The fraction of sp³-hybridized carbons (Fsp3) is 0.529. The molecule has 0 radical (unpaired) electrons. The van der Waals surface area contributed by atoms with Crippen LogP contribution in [0.2, 0.25) is 5.02 Å². The van der Waals surface area contributed by atoms with Gasteiger partial charge in [-0.3, -0.25) is 4.79 Å². The maximum atomic E-state index is 13.0. The predicted molar refractivity (Wildman–Crippen MR) is 85.9 cm³/mol. The summed E-state index contributed by atoms with van der Waals surface area (Å²) in [5.41, 5.74) is -1.85. The molecule has 1 aliphatic heterocycles. The monoisotopic (exact) mass is 391 g/mol. The second-order valence-electron chi connectivity index (χ2n) is 6.76. The quantitative estimate of drug-likeness (QED) is 0.859. The van der Waals surface area contributed by atoms with Crippen LogP contribution in [0.1, 0.15) is 30.9 Å². The molecule has 1 heterocycles. The molecule has 5 nitrogen and oxygen atoms in total. The Morgan fingerprint density at radius 3 is 2.50 bits per heavy atom. The van der Waals surface area contributed by atoms with Gasteiger partial charge >= 0.3 is 12.1 Å². The molecule has 0 bridgehead atoms. The van der Waals surface area contributed by atoms with Gasteiger partial charge in [0.25, 0.3) is 0 Å². The number of carbonyl (C=O) groups is 2. The van der Waals surface area contributed by atoms with Crippen LogP contribution in [0, 0.1) is 0 Å². The van der Waals surface area contributed by atoms with E-state index in [1.807, 2.05) is 0 Å². The fourth-order valence-electron chi connectivity index (χ4n) is 3.35. The Balaban J connectivity index is 1.91. The van der Waals surface area contributed by atoms with E-state index in [-0.39, 0.29) is 23.7 Å². The molecule has 1 amide bonds. The summed E-state index contributed by atoms with van der Waals surface area (Å²) in [4.78, 5) is 25.6. The number of carboxylic acids is 1. The Morgan fingerprint density at radius 1 is 1.31 bits per heavy atom. The van der Waals surface area contributed by atoms with Crippen molar-refractivity contribution in [3.63, 3.8) is 0 Å². The van der Waals surface area contributed by atoms with E-state index in [1.165, 1.54) is 4.90 Å². The summed E-state index contributed by atoms with van der Waals surface area (Å²) in [6.45, 7) is 1.68. The molecule has 142 valence electrons. The minimum Gasteiger partial charge on any atom is -0.479 e. The first kappa shape index (κ1) is 19.0. The van der Waals surface area contributed by atoms with Gasteiger partial charge in [-0.15, -0.1) is 0 Å². The number of ether oxygens (including phenoxy) is 1. The number of halogens is 4. The van der Waals surface area contributed by atoms with E-state index >= 15 is 0 Å². The van der Waals surface area contributed by atoms with Crippen molar-refractivity contribution < 1.29 is 32.6 Å². The van der Waals surface area contributed by atoms with E-state index in [0.717, 1.165) is 18.2 Å². The number of carboxylic acid groups (broad SMARTS) is 1. The molecule has 9 heteroatoms. The third-order valence-electron chi connectivity index (χ3n) is 4.79. The predicted octanol–water partition coefficient (Wildman–Crippen LogP) is 3.09. The number of aliphatic carboxylic acids is 1. The van der Waals surface area contributed by atoms with Gasteiger partial charge in [0.1, 0.15) is 0 Å². The minimum absolute atomic E-state index is 0.0972. The van der Waals surface area contributed by atoms with Gasteiger partial charge in [0, 0.05) is 11.6 Å². The summed E-state index contributed by atoms with van der Waals surface area (Å²) in [6.07, 6.45) is -5.44. The molecule has 2 atom stereocenters. The molecule has 26 heavy (non-hydrogen) atoms. The Bertz CT molecular complexity index is 748. The van der Waals surface area contributed by atoms with Gasteiger partial charge in [-0.25, -0.2) is 4.79 Å². The number of morpholine rings is 1. The smallest absolute Gasteiger partial charge is 0.416 e. The van der Waals surface area contributed by atoms with Crippen molar-refractivity contribution in [2.24, 2.45) is 0 Å². The Hall–Kier alpha value is -1.80. The highest BCUT2D eigenvalue weighted by molar-refractivity contribution is 6.32. The minimum atomic E-state index is -4.54. The molecule has 1 saturated carbocycles. The number of rotatable bonds is 3. The van der Waals surface area contributed by atoms with Crippen LogP contribution in [0.25, 0.3) is 0 Å². The molecule has 0 aromatic heterocycles. The van der Waals surface area contributed by atoms with E-state index < -0.39 is 41.2 Å². The topological polar surface area (TPSA) is 66.8 Å². The number of hydrogen-bond acceptors (Lipinski definition) is 3. The van der Waals surface area contributed by atoms with Gasteiger partial charge in [0.15, 0.2) is 6.10 Å². The van der Waals surface area contributed by atoms with Gasteiger partial charge in [0.2, 0.25) is 5.91 Å². The summed E-state index contributed by atoms with van der Waals surface area (Å²) in [5.74, 6) is -1.59. The molecule has 3 rings (SSSR count). The SMILES string of the molecule is C[C@@H]1CN(C(=O)C2(c3cc(C(F)(F)F)ccc3Cl)CC2)CC(C(=O)O)O1. The van der Waals surface area contributed by atoms with Crippen molar-refractivity contribution in [2.75, 3.05) is 13.1 Å². The number of amides is 1. The Morgan fingerprint density at radius 2 is 1.96 bits per heavy atom. The molecule has 2 aliphatic rings. The van der Waals surface area contributed by atoms with E-state index in [4.69, 9.17) is 21.4 Å². The Kier molecular flexibility index (Phi) is 4.69. The molecule has 1 N–H and O–H groups in total. The highest BCUT2D eigenvalue weighted by atomic mass is 35.5. The zero-order valence-corrected chi connectivity index (χ0v) is 14.6. The van der Waals surface area contributed by atoms with E-state index in [9.17, 15) is 22.8 Å². The Labute approximate surface area is 152 Å². The normalized spacial score (nSPS) is 25.0. The number of hydrogen-bond donors (Lipinski definition) is 1. The lowest BCUT2D eigenvalue weighted by Crippen LogP contribution is -2.54. The first-order valence-electron chi connectivity index (χ1n) is 8.09. The third kappa shape index (κ3) is 3.40. The van der Waals surface area contributed by atoms with Crippen molar-refractivity contribution in [1.82, 2.24) is 4.90 Å². The average Bonchev–Trinajstić information content (AvgIpc) is 3.34. The molecule has 1 aromatic carbocycles. The van der Waals surface area contributed by atoms with Crippen molar-refractivity contribution in [3.8, 4) is 0 Å². The number of benzene rings is 1. The van der Waals surface area contributed by atoms with Crippen molar-refractivity contribution in [1.29, 1.82) is 0 Å². The van der Waals surface area contributed by atoms with Gasteiger partial charge in [-0.05, 0) is 43.5 Å². The number of alkyl halides is 3. The van der Waals surface area contributed by atoms with Gasteiger partial charge < -0.3 is 14.7 Å². The average molecular weight is 392 g/mol. The second kappa shape index (κ2) is 6.42. The summed E-state index contributed by atoms with van der Waals surface area (Å²) >= 11 is 6.10. The summed E-state index contributed by atoms with van der Waals surface area (Å²) in [5, 5.41) is 9.25. The lowest BCUT2D eigenvalue weighted by molar-refractivity contribution is -0.167. The van der Waals surface area contributed by atoms with Crippen LogP contribution in [-0.4, -0.2) is 47.2 Å². The van der Waals surface area contributed by atoms with Crippen LogP contribution in [0.15, 0.2) is 18.2 Å². The molecular weight excluding hydrogens is 375 g/mol. The zero-order chi connectivity index (χ0) is 19.3. The molecule has 1 aliphatic carbocycles. The molecule has 0 spiro atoms. The lowest BCUT2D eigenvalue weighted by Gasteiger charge is -2.37. The largest absolute Gasteiger partial charge is 0.479 e. The molecule has 1 saturated heterocycles. The van der Waals surface area contributed by atoms with E-state index in [1.54, 1.807) is 6.92 Å². The second-order valence-corrected chi connectivity index (χ2v) is 7.17. The lowest BCUT2D eigenvalue weighted by atomic mass is 9.92. The third-order valence-corrected chi connectivity index (χ3v) is 5.12. The molecular formula is C17H17ClF3NO4. The summed E-state index contributed by atoms with van der Waals surface area (Å²) < 4.78 is 44.4. The van der Waals surface area contributed by atoms with Crippen LogP contribution in [0.3, 0.4) is 0 Å². The van der Waals surface area contributed by atoms with Crippen LogP contribution < -0.4 is 0 Å². The molecule has 1 unspecified atom stereocenters. The van der Waals surface area contributed by atoms with E-state index in [0.29, 0.717) is 12.8 Å². The maximum absolute atomic E-state index is 13.0.